The van der Waals surface area contributed by atoms with Gasteiger partial charge in [-0.15, -0.1) is 0 Å². The second-order valence-electron chi connectivity index (χ2n) is 3.55. The van der Waals surface area contributed by atoms with Crippen LogP contribution in [0.4, 0.5) is 10.1 Å². The van der Waals surface area contributed by atoms with Gasteiger partial charge in [0.15, 0.2) is 0 Å². The van der Waals surface area contributed by atoms with Gasteiger partial charge in [0.2, 0.25) is 10.0 Å². The van der Waals surface area contributed by atoms with E-state index < -0.39 is 26.6 Å². The van der Waals surface area contributed by atoms with E-state index in [4.69, 9.17) is 5.14 Å². The predicted octanol–water partition coefficient (Wildman–Crippen LogP) is 0.654. The van der Waals surface area contributed by atoms with E-state index in [1.165, 1.54) is 12.1 Å². The SMILES string of the molecule is CCS(=O)CCNc1ccc(S(N)(=O)=O)cc1F. The molecule has 0 amide bonds. The average molecular weight is 294 g/mol. The highest BCUT2D eigenvalue weighted by molar-refractivity contribution is 7.89. The quantitative estimate of drug-likeness (QED) is 0.806. The second-order valence-corrected chi connectivity index (χ2v) is 6.97. The second kappa shape index (κ2) is 6.26. The van der Waals surface area contributed by atoms with Gasteiger partial charge < -0.3 is 5.32 Å². The Hall–Kier alpha value is -0.990. The molecule has 0 bridgehead atoms. The molecule has 0 saturated carbocycles. The standard InChI is InChI=1S/C10H15FN2O3S2/c1-2-17(14)6-5-13-10-4-3-8(7-9(10)11)18(12,15)16/h3-4,7,13H,2,5-6H2,1H3,(H2,12,15,16). The lowest BCUT2D eigenvalue weighted by Gasteiger charge is -2.08. The molecule has 0 saturated heterocycles. The number of sulfonamides is 1. The Morgan fingerprint density at radius 3 is 2.61 bits per heavy atom. The topological polar surface area (TPSA) is 89.3 Å². The summed E-state index contributed by atoms with van der Waals surface area (Å²) in [6, 6.07) is 3.37. The van der Waals surface area contributed by atoms with Crippen LogP contribution in [0.1, 0.15) is 6.92 Å². The summed E-state index contributed by atoms with van der Waals surface area (Å²) in [6.45, 7) is 2.16. The highest BCUT2D eigenvalue weighted by Gasteiger charge is 2.11. The number of anilines is 1. The number of nitrogens with one attached hydrogen (secondary N) is 1. The maximum atomic E-state index is 13.5. The molecule has 1 aromatic rings. The summed E-state index contributed by atoms with van der Waals surface area (Å²) in [7, 11) is -4.82. The van der Waals surface area contributed by atoms with Crippen LogP contribution in [-0.4, -0.2) is 30.7 Å². The van der Waals surface area contributed by atoms with Gasteiger partial charge in [0, 0.05) is 28.9 Å². The van der Waals surface area contributed by atoms with Gasteiger partial charge in [-0.25, -0.2) is 17.9 Å². The maximum absolute atomic E-state index is 13.5. The van der Waals surface area contributed by atoms with E-state index in [2.05, 4.69) is 5.32 Å². The van der Waals surface area contributed by atoms with E-state index >= 15 is 0 Å². The van der Waals surface area contributed by atoms with Crippen LogP contribution < -0.4 is 10.5 Å². The Morgan fingerprint density at radius 1 is 1.44 bits per heavy atom. The van der Waals surface area contributed by atoms with Crippen molar-refractivity contribution in [2.45, 2.75) is 11.8 Å². The van der Waals surface area contributed by atoms with E-state index in [0.717, 1.165) is 6.07 Å². The molecule has 5 nitrogen and oxygen atoms in total. The third kappa shape index (κ3) is 4.35. The van der Waals surface area contributed by atoms with Crippen molar-refractivity contribution in [1.29, 1.82) is 0 Å². The summed E-state index contributed by atoms with van der Waals surface area (Å²) in [5.41, 5.74) is 0.163. The first kappa shape index (κ1) is 15.1. The molecule has 1 aromatic carbocycles. The molecular formula is C10H15FN2O3S2. The molecule has 0 aliphatic heterocycles. The monoisotopic (exact) mass is 294 g/mol. The maximum Gasteiger partial charge on any atom is 0.238 e. The van der Waals surface area contributed by atoms with Crippen LogP contribution in [0.3, 0.4) is 0 Å². The fourth-order valence-electron chi connectivity index (χ4n) is 1.26. The molecule has 102 valence electrons. The molecule has 0 aromatic heterocycles. The van der Waals surface area contributed by atoms with Crippen molar-refractivity contribution >= 4 is 26.5 Å². The smallest absolute Gasteiger partial charge is 0.238 e. The van der Waals surface area contributed by atoms with Gasteiger partial charge in [-0.1, -0.05) is 6.92 Å². The largest absolute Gasteiger partial charge is 0.382 e. The fraction of sp³-hybridized carbons (Fsp3) is 0.400. The zero-order valence-corrected chi connectivity index (χ0v) is 11.5. The Morgan fingerprint density at radius 2 is 2.11 bits per heavy atom. The molecule has 18 heavy (non-hydrogen) atoms. The van der Waals surface area contributed by atoms with Crippen molar-refractivity contribution in [3.05, 3.63) is 24.0 Å². The highest BCUT2D eigenvalue weighted by atomic mass is 32.2. The lowest BCUT2D eigenvalue weighted by Crippen LogP contribution is -2.14. The number of primary sulfonamides is 1. The molecular weight excluding hydrogens is 279 g/mol. The van der Waals surface area contributed by atoms with Crippen molar-refractivity contribution in [3.63, 3.8) is 0 Å². The Bertz CT molecular complexity index is 546. The molecule has 0 heterocycles. The molecule has 1 atom stereocenters. The van der Waals surface area contributed by atoms with Crippen molar-refractivity contribution < 1.29 is 17.0 Å². The third-order valence-corrected chi connectivity index (χ3v) is 4.45. The summed E-state index contributed by atoms with van der Waals surface area (Å²) in [4.78, 5) is -0.275. The van der Waals surface area contributed by atoms with Gasteiger partial charge in [-0.3, -0.25) is 4.21 Å². The number of rotatable bonds is 6. The van der Waals surface area contributed by atoms with Crippen molar-refractivity contribution in [2.75, 3.05) is 23.4 Å². The molecule has 0 spiro atoms. The van der Waals surface area contributed by atoms with Crippen LogP contribution in [0, 0.1) is 5.82 Å². The summed E-state index contributed by atoms with van der Waals surface area (Å²) < 4.78 is 46.7. The lowest BCUT2D eigenvalue weighted by atomic mass is 10.3. The molecule has 0 radical (unpaired) electrons. The number of hydrogen-bond acceptors (Lipinski definition) is 4. The van der Waals surface area contributed by atoms with Crippen molar-refractivity contribution in [1.82, 2.24) is 0 Å². The first-order valence-electron chi connectivity index (χ1n) is 5.25. The number of benzene rings is 1. The summed E-state index contributed by atoms with van der Waals surface area (Å²) in [5, 5.41) is 7.63. The van der Waals surface area contributed by atoms with Crippen molar-refractivity contribution in [2.24, 2.45) is 5.14 Å². The minimum Gasteiger partial charge on any atom is -0.382 e. The van der Waals surface area contributed by atoms with Crippen molar-refractivity contribution in [3.8, 4) is 0 Å². The summed E-state index contributed by atoms with van der Waals surface area (Å²) >= 11 is 0. The Labute approximate surface area is 108 Å². The van der Waals surface area contributed by atoms with E-state index in [0.29, 0.717) is 18.1 Å². The van der Waals surface area contributed by atoms with Gasteiger partial charge in [-0.05, 0) is 18.2 Å². The van der Waals surface area contributed by atoms with Crippen LogP contribution in [-0.2, 0) is 20.8 Å². The van der Waals surface area contributed by atoms with Crippen LogP contribution in [0.15, 0.2) is 23.1 Å². The Balaban J connectivity index is 2.72. The van der Waals surface area contributed by atoms with Gasteiger partial charge in [0.25, 0.3) is 0 Å². The number of nitrogens with two attached hydrogens (primary N) is 1. The van der Waals surface area contributed by atoms with Crippen LogP contribution in [0.5, 0.6) is 0 Å². The average Bonchev–Trinajstić information content (AvgIpc) is 2.29. The van der Waals surface area contributed by atoms with Crippen LogP contribution in [0.25, 0.3) is 0 Å². The van der Waals surface area contributed by atoms with E-state index in [-0.39, 0.29) is 10.6 Å². The highest BCUT2D eigenvalue weighted by Crippen LogP contribution is 2.17. The summed E-state index contributed by atoms with van der Waals surface area (Å²) in [5.74, 6) is 0.255. The van der Waals surface area contributed by atoms with Gasteiger partial charge >= 0.3 is 0 Å². The normalized spacial score (nSPS) is 13.3. The zero-order valence-electron chi connectivity index (χ0n) is 9.85. The van der Waals surface area contributed by atoms with Crippen LogP contribution >= 0.6 is 0 Å². The fourth-order valence-corrected chi connectivity index (χ4v) is 2.40. The predicted molar refractivity (Wildman–Crippen MR) is 69.8 cm³/mol. The first-order chi connectivity index (χ1) is 8.34. The lowest BCUT2D eigenvalue weighted by molar-refractivity contribution is 0.593. The van der Waals surface area contributed by atoms with Gasteiger partial charge in [0.1, 0.15) is 5.82 Å². The third-order valence-electron chi connectivity index (χ3n) is 2.24. The Kier molecular flexibility index (Phi) is 5.24. The molecule has 0 aliphatic carbocycles. The molecule has 0 fully saturated rings. The molecule has 1 unspecified atom stereocenters. The molecule has 1 rings (SSSR count). The minimum atomic E-state index is -3.90. The van der Waals surface area contributed by atoms with Gasteiger partial charge in [0.05, 0.1) is 10.6 Å². The minimum absolute atomic E-state index is 0.163. The van der Waals surface area contributed by atoms with E-state index in [9.17, 15) is 17.0 Å². The molecule has 0 aliphatic rings. The number of hydrogen-bond donors (Lipinski definition) is 2. The van der Waals surface area contributed by atoms with E-state index in [1.807, 2.05) is 0 Å². The van der Waals surface area contributed by atoms with E-state index in [1.54, 1.807) is 6.92 Å². The molecule has 8 heteroatoms. The number of halogens is 1. The summed E-state index contributed by atoms with van der Waals surface area (Å²) in [6.07, 6.45) is 0. The first-order valence-corrected chi connectivity index (χ1v) is 8.29. The zero-order chi connectivity index (χ0) is 13.8. The van der Waals surface area contributed by atoms with Crippen LogP contribution in [0.2, 0.25) is 0 Å². The van der Waals surface area contributed by atoms with Gasteiger partial charge in [-0.2, -0.15) is 0 Å². The molecule has 3 N–H and O–H groups in total.